The summed E-state index contributed by atoms with van der Waals surface area (Å²) in [4.78, 5) is 24.0. The average molecular weight is 346 g/mol. The van der Waals surface area contributed by atoms with E-state index in [0.29, 0.717) is 5.69 Å². The van der Waals surface area contributed by atoms with Crippen molar-refractivity contribution in [3.8, 4) is 0 Å². The van der Waals surface area contributed by atoms with Crippen molar-refractivity contribution in [1.82, 2.24) is 4.31 Å². The Morgan fingerprint density at radius 3 is 2.50 bits per heavy atom. The second kappa shape index (κ2) is 5.97. The molecule has 7 nitrogen and oxygen atoms in total. The third kappa shape index (κ3) is 2.50. The van der Waals surface area contributed by atoms with Crippen LogP contribution < -0.4 is 5.32 Å². The van der Waals surface area contributed by atoms with Gasteiger partial charge in [-0.3, -0.25) is 4.79 Å². The van der Waals surface area contributed by atoms with Gasteiger partial charge in [-0.1, -0.05) is 24.3 Å². The minimum atomic E-state index is -3.90. The minimum absolute atomic E-state index is 0.0157. The predicted molar refractivity (Wildman–Crippen MR) is 86.1 cm³/mol. The molecule has 1 aliphatic heterocycles. The highest BCUT2D eigenvalue weighted by atomic mass is 32.2. The van der Waals surface area contributed by atoms with E-state index in [1.54, 1.807) is 36.4 Å². The van der Waals surface area contributed by atoms with E-state index in [9.17, 15) is 18.0 Å². The summed E-state index contributed by atoms with van der Waals surface area (Å²) in [6, 6.07) is 12.5. The molecule has 0 bridgehead atoms. The molecule has 2 aromatic rings. The number of para-hydroxylation sites is 1. The Hall–Kier alpha value is -2.87. The lowest BCUT2D eigenvalue weighted by atomic mass is 10.2. The van der Waals surface area contributed by atoms with Crippen LogP contribution in [0.25, 0.3) is 0 Å². The number of methoxy groups -OCH3 is 1. The summed E-state index contributed by atoms with van der Waals surface area (Å²) in [6.45, 7) is -0.288. The number of ether oxygens (including phenoxy) is 1. The Kier molecular flexibility index (Phi) is 3.98. The first-order chi connectivity index (χ1) is 11.5. The number of fused-ring (bicyclic) bond motifs is 1. The number of carbonyl (C=O) groups excluding carboxylic acids is 2. The van der Waals surface area contributed by atoms with E-state index in [4.69, 9.17) is 0 Å². The molecule has 0 saturated carbocycles. The smallest absolute Gasteiger partial charge is 0.339 e. The number of sulfonamides is 1. The van der Waals surface area contributed by atoms with Gasteiger partial charge in [0.2, 0.25) is 0 Å². The van der Waals surface area contributed by atoms with Crippen molar-refractivity contribution in [1.29, 1.82) is 0 Å². The highest BCUT2D eigenvalue weighted by Gasteiger charge is 2.40. The second-order valence-electron chi connectivity index (χ2n) is 5.03. The fourth-order valence-corrected chi connectivity index (χ4v) is 3.94. The lowest BCUT2D eigenvalue weighted by Crippen LogP contribution is -2.35. The number of benzene rings is 2. The summed E-state index contributed by atoms with van der Waals surface area (Å²) in [5.41, 5.74) is 0.769. The first-order valence-electron chi connectivity index (χ1n) is 7.04. The van der Waals surface area contributed by atoms with Crippen molar-refractivity contribution in [2.75, 3.05) is 19.1 Å². The lowest BCUT2D eigenvalue weighted by Gasteiger charge is -2.17. The zero-order valence-corrected chi connectivity index (χ0v) is 13.5. The number of rotatable bonds is 4. The van der Waals surface area contributed by atoms with E-state index in [-0.39, 0.29) is 22.7 Å². The number of esters is 1. The third-order valence-corrected chi connectivity index (χ3v) is 5.44. The number of nitrogens with one attached hydrogen (secondary N) is 1. The molecule has 0 fully saturated rings. The third-order valence-electron chi connectivity index (χ3n) is 3.66. The molecule has 3 rings (SSSR count). The van der Waals surface area contributed by atoms with Gasteiger partial charge in [0, 0.05) is 0 Å². The van der Waals surface area contributed by atoms with Crippen molar-refractivity contribution in [2.45, 2.75) is 4.90 Å². The van der Waals surface area contributed by atoms with E-state index in [1.807, 2.05) is 0 Å². The summed E-state index contributed by atoms with van der Waals surface area (Å²) < 4.78 is 30.4. The summed E-state index contributed by atoms with van der Waals surface area (Å²) in [6.07, 6.45) is 0. The van der Waals surface area contributed by atoms with Crippen LogP contribution >= 0.6 is 0 Å². The molecule has 0 saturated heterocycles. The number of amides is 1. The molecule has 8 heteroatoms. The Morgan fingerprint density at radius 1 is 1.12 bits per heavy atom. The molecule has 0 spiro atoms. The van der Waals surface area contributed by atoms with Gasteiger partial charge in [-0.05, 0) is 24.3 Å². The lowest BCUT2D eigenvalue weighted by molar-refractivity contribution is 0.0601. The molecule has 0 aliphatic carbocycles. The molecule has 1 heterocycles. The van der Waals surface area contributed by atoms with Gasteiger partial charge in [0.05, 0.1) is 23.9 Å². The minimum Gasteiger partial charge on any atom is -0.465 e. The van der Waals surface area contributed by atoms with E-state index in [0.717, 1.165) is 4.31 Å². The molecule has 124 valence electrons. The highest BCUT2D eigenvalue weighted by Crippen LogP contribution is 2.29. The summed E-state index contributed by atoms with van der Waals surface area (Å²) in [5, 5.41) is 2.82. The highest BCUT2D eigenvalue weighted by molar-refractivity contribution is 7.90. The molecular formula is C16H14N2O5S. The molecule has 1 aliphatic rings. The number of nitrogens with zero attached hydrogens (tertiary/aromatic N) is 1. The Bertz CT molecular complexity index is 924. The van der Waals surface area contributed by atoms with Crippen LogP contribution in [0.15, 0.2) is 53.4 Å². The van der Waals surface area contributed by atoms with Gasteiger partial charge in [0.15, 0.2) is 0 Å². The van der Waals surface area contributed by atoms with Crippen LogP contribution in [0.2, 0.25) is 0 Å². The zero-order valence-electron chi connectivity index (χ0n) is 12.7. The van der Waals surface area contributed by atoms with Gasteiger partial charge in [0.1, 0.15) is 11.6 Å². The van der Waals surface area contributed by atoms with Gasteiger partial charge in [-0.25, -0.2) is 17.5 Å². The first-order valence-corrected chi connectivity index (χ1v) is 8.48. The molecule has 0 atom stereocenters. The maximum absolute atomic E-state index is 12.5. The number of hydrogen-bond donors (Lipinski definition) is 1. The molecule has 0 radical (unpaired) electrons. The van der Waals surface area contributed by atoms with Crippen molar-refractivity contribution in [3.63, 3.8) is 0 Å². The SMILES string of the molecule is COC(=O)c1ccccc1NCN1C(=O)c2ccccc2S1(=O)=O. The summed E-state index contributed by atoms with van der Waals surface area (Å²) >= 11 is 0. The van der Waals surface area contributed by atoms with Crippen molar-refractivity contribution >= 4 is 27.6 Å². The Balaban J connectivity index is 1.87. The maximum atomic E-state index is 12.5. The predicted octanol–water partition coefficient (Wildman–Crippen LogP) is 1.69. The zero-order chi connectivity index (χ0) is 17.3. The van der Waals surface area contributed by atoms with Crippen LogP contribution in [0.5, 0.6) is 0 Å². The summed E-state index contributed by atoms with van der Waals surface area (Å²) in [7, 11) is -2.65. The first kappa shape index (κ1) is 16.0. The number of anilines is 1. The van der Waals surface area contributed by atoms with Crippen molar-refractivity contribution in [3.05, 3.63) is 59.7 Å². The van der Waals surface area contributed by atoms with Gasteiger partial charge in [-0.15, -0.1) is 0 Å². The number of hydrogen-bond acceptors (Lipinski definition) is 6. The largest absolute Gasteiger partial charge is 0.465 e. The van der Waals surface area contributed by atoms with Gasteiger partial charge >= 0.3 is 5.97 Å². The Morgan fingerprint density at radius 2 is 1.79 bits per heavy atom. The van der Waals surface area contributed by atoms with E-state index < -0.39 is 21.9 Å². The normalized spacial score (nSPS) is 15.0. The molecule has 24 heavy (non-hydrogen) atoms. The molecule has 1 N–H and O–H groups in total. The fourth-order valence-electron chi connectivity index (χ4n) is 2.47. The van der Waals surface area contributed by atoms with E-state index >= 15 is 0 Å². The van der Waals surface area contributed by atoms with Gasteiger partial charge in [0.25, 0.3) is 15.9 Å². The van der Waals surface area contributed by atoms with E-state index in [2.05, 4.69) is 10.1 Å². The molecule has 2 aromatic carbocycles. The second-order valence-corrected chi connectivity index (χ2v) is 6.86. The molecule has 0 unspecified atom stereocenters. The number of carbonyl (C=O) groups is 2. The van der Waals surface area contributed by atoms with E-state index in [1.165, 1.54) is 19.2 Å². The van der Waals surface area contributed by atoms with Gasteiger partial charge in [-0.2, -0.15) is 0 Å². The van der Waals surface area contributed by atoms with Crippen LogP contribution in [0.4, 0.5) is 5.69 Å². The van der Waals surface area contributed by atoms with Crippen LogP contribution in [-0.2, 0) is 14.8 Å². The van der Waals surface area contributed by atoms with Crippen LogP contribution in [-0.4, -0.2) is 38.4 Å². The average Bonchev–Trinajstić information content (AvgIpc) is 2.79. The maximum Gasteiger partial charge on any atom is 0.339 e. The topological polar surface area (TPSA) is 92.8 Å². The Labute approximate surface area is 138 Å². The van der Waals surface area contributed by atoms with Crippen LogP contribution in [0.1, 0.15) is 20.7 Å². The van der Waals surface area contributed by atoms with Crippen LogP contribution in [0.3, 0.4) is 0 Å². The molecule has 1 amide bonds. The molecule has 0 aromatic heterocycles. The summed E-state index contributed by atoms with van der Waals surface area (Å²) in [5.74, 6) is -1.16. The molecular weight excluding hydrogens is 332 g/mol. The van der Waals surface area contributed by atoms with Crippen molar-refractivity contribution in [2.24, 2.45) is 0 Å². The standard InChI is InChI=1S/C16H14N2O5S/c1-23-16(20)11-6-2-4-8-13(11)17-10-18-15(19)12-7-3-5-9-14(12)24(18,21)22/h2-9,17H,10H2,1H3. The van der Waals surface area contributed by atoms with Crippen molar-refractivity contribution < 1.29 is 22.7 Å². The van der Waals surface area contributed by atoms with Gasteiger partial charge < -0.3 is 10.1 Å². The van der Waals surface area contributed by atoms with Crippen LogP contribution in [0, 0.1) is 0 Å². The quantitative estimate of drug-likeness (QED) is 0.847. The fraction of sp³-hybridized carbons (Fsp3) is 0.125. The monoisotopic (exact) mass is 346 g/mol.